The van der Waals surface area contributed by atoms with E-state index in [1.807, 2.05) is 0 Å². The molecule has 0 aromatic rings. The average molecular weight is 1300 g/mol. The summed E-state index contributed by atoms with van der Waals surface area (Å²) in [5.41, 5.74) is 0. The molecule has 0 spiro atoms. The van der Waals surface area contributed by atoms with Gasteiger partial charge in [-0.15, -0.1) is 0 Å². The minimum atomic E-state index is -4.95. The van der Waals surface area contributed by atoms with Crippen molar-refractivity contribution in [3.63, 3.8) is 0 Å². The third-order valence-corrected chi connectivity index (χ3v) is 18.4. The van der Waals surface area contributed by atoms with Crippen LogP contribution >= 0.6 is 15.6 Å². The first-order valence-corrected chi connectivity index (χ1v) is 38.8. The number of phosphoric ester groups is 2. The lowest BCUT2D eigenvalue weighted by Gasteiger charge is -2.21. The molecule has 0 aromatic heterocycles. The Hall–Kier alpha value is -1.94. The van der Waals surface area contributed by atoms with Gasteiger partial charge in [0.15, 0.2) is 12.2 Å². The molecule has 17 nitrogen and oxygen atoms in total. The molecule has 0 aromatic carbocycles. The van der Waals surface area contributed by atoms with Crippen molar-refractivity contribution < 1.29 is 80.2 Å². The van der Waals surface area contributed by atoms with Crippen molar-refractivity contribution >= 4 is 39.5 Å². The molecule has 4 unspecified atom stereocenters. The van der Waals surface area contributed by atoms with Gasteiger partial charge in [0.2, 0.25) is 0 Å². The molecule has 0 heterocycles. The van der Waals surface area contributed by atoms with E-state index in [2.05, 4.69) is 55.4 Å². The molecular weight excluding hydrogens is 1160 g/mol. The van der Waals surface area contributed by atoms with Gasteiger partial charge in [-0.25, -0.2) is 9.13 Å². The van der Waals surface area contributed by atoms with E-state index in [9.17, 15) is 43.2 Å². The minimum Gasteiger partial charge on any atom is -0.462 e. The van der Waals surface area contributed by atoms with Crippen LogP contribution in [0.4, 0.5) is 0 Å². The van der Waals surface area contributed by atoms with Gasteiger partial charge in [0.05, 0.1) is 26.4 Å². The maximum absolute atomic E-state index is 13.0. The van der Waals surface area contributed by atoms with Gasteiger partial charge < -0.3 is 33.8 Å². The molecule has 0 aliphatic carbocycles. The number of rotatable bonds is 66. The summed E-state index contributed by atoms with van der Waals surface area (Å²) in [5.74, 6) is 0.831. The normalized spacial score (nSPS) is 14.9. The number of hydrogen-bond acceptors (Lipinski definition) is 15. The maximum atomic E-state index is 13.0. The number of aliphatic hydroxyl groups is 1. The second kappa shape index (κ2) is 58.8. The number of unbranched alkanes of at least 4 members (excludes halogenated alkanes) is 30. The lowest BCUT2D eigenvalue weighted by atomic mass is 9.99. The summed E-state index contributed by atoms with van der Waals surface area (Å²) in [6, 6.07) is 0. The first-order chi connectivity index (χ1) is 42.2. The predicted molar refractivity (Wildman–Crippen MR) is 354 cm³/mol. The Bertz CT molecular complexity index is 1750. The Morgan fingerprint density at radius 1 is 0.318 bits per heavy atom. The molecule has 522 valence electrons. The van der Waals surface area contributed by atoms with Gasteiger partial charge in [-0.05, 0) is 49.4 Å². The lowest BCUT2D eigenvalue weighted by Crippen LogP contribution is -2.30. The van der Waals surface area contributed by atoms with Crippen molar-refractivity contribution in [3.05, 3.63) is 0 Å². The molecular formula is C69H134O17P2. The third-order valence-electron chi connectivity index (χ3n) is 16.5. The second-order valence-corrected chi connectivity index (χ2v) is 29.3. The molecule has 0 radical (unpaired) electrons. The van der Waals surface area contributed by atoms with E-state index in [-0.39, 0.29) is 25.7 Å². The molecule has 0 saturated carbocycles. The van der Waals surface area contributed by atoms with Crippen LogP contribution in [0.15, 0.2) is 0 Å². The molecule has 0 fully saturated rings. The molecule has 3 N–H and O–H groups in total. The Morgan fingerprint density at radius 2 is 0.545 bits per heavy atom. The maximum Gasteiger partial charge on any atom is 0.472 e. The van der Waals surface area contributed by atoms with Crippen LogP contribution in [0.1, 0.15) is 338 Å². The standard InChI is InChI=1S/C69H134O17P2/c1-9-61(7)47-39-31-22-17-15-13-11-12-14-16-18-23-33-41-49-66(71)79-55-65(86-69(74)52-44-36-28-26-32-40-48-62(8)10-2)58-84-88(77,78)82-54-63(70)53-81-87(75,76)83-57-64(56-80-67(72)50-42-34-27-25-30-38-46-60(5)6)85-68(73)51-43-35-24-20-19-21-29-37-45-59(3)4/h59-65,70H,9-58H2,1-8H3,(H,75,76)(H,77,78)/t61?,62?,63-,64+,65+/m0/s1. The fourth-order valence-corrected chi connectivity index (χ4v) is 11.8. The van der Waals surface area contributed by atoms with E-state index < -0.39 is 97.5 Å². The number of ether oxygens (including phenoxy) is 4. The quantitative estimate of drug-likeness (QED) is 0.0222. The van der Waals surface area contributed by atoms with Gasteiger partial charge in [-0.1, -0.05) is 287 Å². The van der Waals surface area contributed by atoms with Crippen molar-refractivity contribution in [1.29, 1.82) is 0 Å². The monoisotopic (exact) mass is 1300 g/mol. The van der Waals surface area contributed by atoms with Gasteiger partial charge in [-0.3, -0.25) is 37.3 Å². The van der Waals surface area contributed by atoms with Crippen LogP contribution < -0.4 is 0 Å². The van der Waals surface area contributed by atoms with Crippen molar-refractivity contribution in [2.24, 2.45) is 23.7 Å². The van der Waals surface area contributed by atoms with Crippen molar-refractivity contribution in [1.82, 2.24) is 0 Å². The fraction of sp³-hybridized carbons (Fsp3) is 0.942. The highest BCUT2D eigenvalue weighted by atomic mass is 31.2. The summed E-state index contributed by atoms with van der Waals surface area (Å²) in [7, 11) is -9.90. The number of aliphatic hydroxyl groups excluding tert-OH is 1. The zero-order valence-corrected chi connectivity index (χ0v) is 59.1. The summed E-state index contributed by atoms with van der Waals surface area (Å²) in [5, 5.41) is 10.6. The third kappa shape index (κ3) is 60.3. The number of phosphoric acid groups is 2. The smallest absolute Gasteiger partial charge is 0.462 e. The first kappa shape index (κ1) is 86.1. The summed E-state index contributed by atoms with van der Waals surface area (Å²) >= 11 is 0. The topological polar surface area (TPSA) is 237 Å². The molecule has 0 bridgehead atoms. The number of esters is 4. The van der Waals surface area contributed by atoms with Crippen molar-refractivity contribution in [3.8, 4) is 0 Å². The van der Waals surface area contributed by atoms with Gasteiger partial charge in [-0.2, -0.15) is 0 Å². The largest absolute Gasteiger partial charge is 0.472 e. The van der Waals surface area contributed by atoms with E-state index in [0.717, 1.165) is 114 Å². The van der Waals surface area contributed by atoms with Crippen LogP contribution in [0, 0.1) is 23.7 Å². The predicted octanol–water partition coefficient (Wildman–Crippen LogP) is 19.3. The number of carbonyl (C=O) groups is 4. The van der Waals surface area contributed by atoms with E-state index in [4.69, 9.17) is 37.0 Å². The van der Waals surface area contributed by atoms with Crippen LogP contribution in [0.3, 0.4) is 0 Å². The van der Waals surface area contributed by atoms with Gasteiger partial charge >= 0.3 is 39.5 Å². The van der Waals surface area contributed by atoms with E-state index in [1.54, 1.807) is 0 Å². The molecule has 0 rings (SSSR count). The van der Waals surface area contributed by atoms with Crippen molar-refractivity contribution in [2.45, 2.75) is 356 Å². The highest BCUT2D eigenvalue weighted by molar-refractivity contribution is 7.47. The minimum absolute atomic E-state index is 0.102. The molecule has 0 aliphatic rings. The zero-order chi connectivity index (χ0) is 65.4. The second-order valence-electron chi connectivity index (χ2n) is 26.4. The van der Waals surface area contributed by atoms with Gasteiger partial charge in [0.25, 0.3) is 0 Å². The van der Waals surface area contributed by atoms with E-state index >= 15 is 0 Å². The van der Waals surface area contributed by atoms with Crippen molar-refractivity contribution in [2.75, 3.05) is 39.6 Å². The Kier molecular flexibility index (Phi) is 57.6. The highest BCUT2D eigenvalue weighted by Crippen LogP contribution is 2.45. The van der Waals surface area contributed by atoms with E-state index in [1.165, 1.54) is 135 Å². The first-order valence-electron chi connectivity index (χ1n) is 35.8. The van der Waals surface area contributed by atoms with E-state index in [0.29, 0.717) is 31.6 Å². The lowest BCUT2D eigenvalue weighted by molar-refractivity contribution is -0.161. The van der Waals surface area contributed by atoms with Crippen LogP contribution in [-0.2, 0) is 65.4 Å². The van der Waals surface area contributed by atoms with Crippen LogP contribution in [0.5, 0.6) is 0 Å². The van der Waals surface area contributed by atoms with Crippen LogP contribution in [0.25, 0.3) is 0 Å². The molecule has 0 amide bonds. The molecule has 0 aliphatic heterocycles. The van der Waals surface area contributed by atoms with Crippen LogP contribution in [-0.4, -0.2) is 96.7 Å². The average Bonchev–Trinajstić information content (AvgIpc) is 3.69. The Balaban J connectivity index is 5.19. The summed E-state index contributed by atoms with van der Waals surface area (Å²) < 4.78 is 68.1. The molecule has 19 heteroatoms. The Morgan fingerprint density at radius 3 is 0.807 bits per heavy atom. The SMILES string of the molecule is CCC(C)CCCCCCCCCCCCCCCCC(=O)OC[C@H](COP(=O)(O)OC[C@@H](O)COP(=O)(O)OC[C@@H](COC(=O)CCCCCCCCC(C)C)OC(=O)CCCCCCCCCCC(C)C)OC(=O)CCCCCCCCC(C)CC. The summed E-state index contributed by atoms with van der Waals surface area (Å²) in [4.78, 5) is 72.4. The molecule has 88 heavy (non-hydrogen) atoms. The highest BCUT2D eigenvalue weighted by Gasteiger charge is 2.30. The molecule has 7 atom stereocenters. The fourth-order valence-electron chi connectivity index (χ4n) is 10.2. The summed E-state index contributed by atoms with van der Waals surface area (Å²) in [6.45, 7) is 14.0. The number of carbonyl (C=O) groups excluding carboxylic acids is 4. The van der Waals surface area contributed by atoms with Crippen LogP contribution in [0.2, 0.25) is 0 Å². The van der Waals surface area contributed by atoms with Gasteiger partial charge in [0, 0.05) is 25.7 Å². The Labute approximate surface area is 537 Å². The number of hydrogen-bond donors (Lipinski definition) is 3. The molecule has 0 saturated heterocycles. The summed E-state index contributed by atoms with van der Waals surface area (Å²) in [6.07, 6.45) is 40.6. The van der Waals surface area contributed by atoms with Gasteiger partial charge in [0.1, 0.15) is 19.3 Å². The zero-order valence-electron chi connectivity index (χ0n) is 57.3.